The summed E-state index contributed by atoms with van der Waals surface area (Å²) < 4.78 is 5.25. The van der Waals surface area contributed by atoms with Gasteiger partial charge in [0.1, 0.15) is 6.61 Å². The first-order valence-electron chi connectivity index (χ1n) is 8.19. The molecular formula is C17H32N2O4. The minimum Gasteiger partial charge on any atom is -0.463 e. The van der Waals surface area contributed by atoms with Crippen LogP contribution < -0.4 is 5.32 Å². The average Bonchev–Trinajstić information content (AvgIpc) is 2.47. The number of rotatable bonds is 9. The zero-order valence-electron chi connectivity index (χ0n) is 15.6. The smallest absolute Gasteiger partial charge is 0.433 e. The molecule has 0 aromatic carbocycles. The predicted molar refractivity (Wildman–Crippen MR) is 91.3 cm³/mol. The first kappa shape index (κ1) is 21.4. The molecule has 0 saturated carbocycles. The molecule has 134 valence electrons. The van der Waals surface area contributed by atoms with Crippen molar-refractivity contribution >= 4 is 17.8 Å². The van der Waals surface area contributed by atoms with Crippen LogP contribution in [0.3, 0.4) is 0 Å². The third-order valence-electron chi connectivity index (χ3n) is 3.83. The molecule has 0 atom stereocenters. The summed E-state index contributed by atoms with van der Waals surface area (Å²) in [4.78, 5) is 28.2. The van der Waals surface area contributed by atoms with Crippen LogP contribution in [0.25, 0.3) is 0 Å². The van der Waals surface area contributed by atoms with Crippen LogP contribution >= 0.6 is 0 Å². The lowest BCUT2D eigenvalue weighted by atomic mass is 9.74. The third-order valence-corrected chi connectivity index (χ3v) is 3.83. The van der Waals surface area contributed by atoms with Crippen LogP contribution in [0, 0.1) is 10.8 Å². The molecule has 0 unspecified atom stereocenters. The van der Waals surface area contributed by atoms with E-state index in [1.54, 1.807) is 6.92 Å². The van der Waals surface area contributed by atoms with Crippen LogP contribution in [-0.2, 0) is 14.4 Å². The van der Waals surface area contributed by atoms with Crippen LogP contribution in [0.15, 0.2) is 5.16 Å². The number of nitrogens with one attached hydrogen (secondary N) is 1. The number of carbonyl (C=O) groups excluding carboxylic acids is 2. The maximum atomic E-state index is 12.2. The summed E-state index contributed by atoms with van der Waals surface area (Å²) >= 11 is 0. The zero-order chi connectivity index (χ0) is 18.1. The van der Waals surface area contributed by atoms with Crippen LogP contribution in [0.1, 0.15) is 67.7 Å². The first-order valence-corrected chi connectivity index (χ1v) is 8.19. The van der Waals surface area contributed by atoms with Crippen molar-refractivity contribution in [1.29, 1.82) is 0 Å². The summed E-state index contributed by atoms with van der Waals surface area (Å²) in [6.45, 7) is 14.2. The van der Waals surface area contributed by atoms with E-state index in [1.807, 2.05) is 20.8 Å². The maximum Gasteiger partial charge on any atom is 0.433 e. The molecule has 0 bridgehead atoms. The molecule has 0 saturated heterocycles. The molecule has 1 amide bonds. The Bertz CT molecular complexity index is 428. The Morgan fingerprint density at radius 2 is 1.74 bits per heavy atom. The predicted octanol–water partition coefficient (Wildman–Crippen LogP) is 3.89. The molecule has 0 spiro atoms. The number of ether oxygens (including phenoxy) is 1. The average molecular weight is 328 g/mol. The molecular weight excluding hydrogens is 296 g/mol. The monoisotopic (exact) mass is 328 g/mol. The van der Waals surface area contributed by atoms with E-state index in [-0.39, 0.29) is 24.5 Å². The Balaban J connectivity index is 4.13. The van der Waals surface area contributed by atoms with Gasteiger partial charge in [-0.3, -0.25) is 9.63 Å². The van der Waals surface area contributed by atoms with E-state index < -0.39 is 11.5 Å². The van der Waals surface area contributed by atoms with Gasteiger partial charge in [0, 0.05) is 0 Å². The summed E-state index contributed by atoms with van der Waals surface area (Å²) in [5, 5.41) is 6.13. The Morgan fingerprint density at radius 3 is 2.26 bits per heavy atom. The highest BCUT2D eigenvalue weighted by Crippen LogP contribution is 2.36. The van der Waals surface area contributed by atoms with Gasteiger partial charge in [-0.05, 0) is 39.0 Å². The maximum absolute atomic E-state index is 12.2. The summed E-state index contributed by atoms with van der Waals surface area (Å²) in [6.07, 6.45) is 1.80. The van der Waals surface area contributed by atoms with Gasteiger partial charge in [-0.25, -0.2) is 4.79 Å². The number of esters is 1. The second-order valence-electron chi connectivity index (χ2n) is 7.20. The molecule has 0 aromatic heterocycles. The van der Waals surface area contributed by atoms with Gasteiger partial charge in [0.25, 0.3) is 0 Å². The van der Waals surface area contributed by atoms with E-state index in [2.05, 4.69) is 36.1 Å². The lowest BCUT2D eigenvalue weighted by molar-refractivity contribution is -0.155. The fourth-order valence-corrected chi connectivity index (χ4v) is 2.10. The first-order chi connectivity index (χ1) is 10.5. The lowest BCUT2D eigenvalue weighted by Gasteiger charge is -2.32. The van der Waals surface area contributed by atoms with Crippen molar-refractivity contribution in [2.45, 2.75) is 67.7 Å². The fourth-order valence-electron chi connectivity index (χ4n) is 2.10. The van der Waals surface area contributed by atoms with Crippen molar-refractivity contribution < 1.29 is 19.2 Å². The van der Waals surface area contributed by atoms with Crippen molar-refractivity contribution in [3.63, 3.8) is 0 Å². The van der Waals surface area contributed by atoms with Crippen molar-refractivity contribution in [1.82, 2.24) is 5.32 Å². The molecule has 0 radical (unpaired) electrons. The van der Waals surface area contributed by atoms with Crippen molar-refractivity contribution in [3.8, 4) is 0 Å². The van der Waals surface area contributed by atoms with Gasteiger partial charge in [0.15, 0.2) is 0 Å². The van der Waals surface area contributed by atoms with E-state index in [0.717, 1.165) is 18.6 Å². The number of hydrogen-bond acceptors (Lipinski definition) is 5. The van der Waals surface area contributed by atoms with Gasteiger partial charge in [-0.1, -0.05) is 39.3 Å². The molecule has 0 aliphatic heterocycles. The van der Waals surface area contributed by atoms with Crippen LogP contribution in [-0.4, -0.2) is 30.9 Å². The summed E-state index contributed by atoms with van der Waals surface area (Å²) in [5.41, 5.74) is 0.259. The van der Waals surface area contributed by atoms with Crippen molar-refractivity contribution in [2.75, 3.05) is 13.2 Å². The van der Waals surface area contributed by atoms with Crippen LogP contribution in [0.5, 0.6) is 0 Å². The summed E-state index contributed by atoms with van der Waals surface area (Å²) in [5.74, 6) is -0.256. The largest absolute Gasteiger partial charge is 0.463 e. The van der Waals surface area contributed by atoms with E-state index in [9.17, 15) is 9.59 Å². The van der Waals surface area contributed by atoms with E-state index in [4.69, 9.17) is 4.74 Å². The molecule has 23 heavy (non-hydrogen) atoms. The lowest BCUT2D eigenvalue weighted by Crippen LogP contribution is -2.34. The quantitative estimate of drug-likeness (QED) is 0.229. The summed E-state index contributed by atoms with van der Waals surface area (Å²) in [7, 11) is 0. The molecule has 0 aliphatic carbocycles. The minimum atomic E-state index is -0.653. The molecule has 6 nitrogen and oxygen atoms in total. The number of oxime groups is 1. The van der Waals surface area contributed by atoms with Crippen LogP contribution in [0.2, 0.25) is 0 Å². The van der Waals surface area contributed by atoms with Gasteiger partial charge in [-0.15, -0.1) is 0 Å². The Kier molecular flexibility index (Phi) is 8.87. The second-order valence-corrected chi connectivity index (χ2v) is 7.20. The fraction of sp³-hybridized carbons (Fsp3) is 0.824. The molecule has 0 aliphatic rings. The van der Waals surface area contributed by atoms with E-state index in [0.29, 0.717) is 6.42 Å². The Morgan fingerprint density at radius 1 is 1.13 bits per heavy atom. The van der Waals surface area contributed by atoms with Gasteiger partial charge < -0.3 is 10.1 Å². The molecule has 0 rings (SSSR count). The van der Waals surface area contributed by atoms with Gasteiger partial charge in [0.05, 0.1) is 17.7 Å². The van der Waals surface area contributed by atoms with E-state index in [1.165, 1.54) is 0 Å². The normalized spacial score (nSPS) is 12.7. The molecule has 1 N–H and O–H groups in total. The number of amides is 1. The zero-order valence-corrected chi connectivity index (χ0v) is 15.6. The molecule has 0 heterocycles. The third kappa shape index (κ3) is 9.21. The second kappa shape index (κ2) is 9.53. The van der Waals surface area contributed by atoms with Gasteiger partial charge in [-0.2, -0.15) is 0 Å². The van der Waals surface area contributed by atoms with Crippen molar-refractivity contribution in [2.24, 2.45) is 16.0 Å². The SMILES string of the molecule is CCC(C)=NOC(=O)NCCOC(=O)C(C)(C)CC(C)(C)CC. The minimum absolute atomic E-state index is 0.0831. The standard InChI is InChI=1S/C17H32N2O4/c1-8-13(3)19-23-15(21)18-10-11-22-14(20)17(6,7)12-16(4,5)9-2/h8-12H2,1-7H3,(H,18,21). The summed E-state index contributed by atoms with van der Waals surface area (Å²) in [6, 6.07) is 0. The van der Waals surface area contributed by atoms with E-state index >= 15 is 0 Å². The van der Waals surface area contributed by atoms with Crippen LogP contribution in [0.4, 0.5) is 4.79 Å². The molecule has 0 aromatic rings. The van der Waals surface area contributed by atoms with Gasteiger partial charge in [0.2, 0.25) is 0 Å². The number of nitrogens with zero attached hydrogens (tertiary/aromatic N) is 1. The Labute approximate surface area is 140 Å². The number of carbonyl (C=O) groups is 2. The highest BCUT2D eigenvalue weighted by Gasteiger charge is 2.35. The van der Waals surface area contributed by atoms with Crippen molar-refractivity contribution in [3.05, 3.63) is 0 Å². The highest BCUT2D eigenvalue weighted by molar-refractivity contribution is 5.81. The molecule has 6 heteroatoms. The molecule has 0 fully saturated rings. The number of hydrogen-bond donors (Lipinski definition) is 1. The van der Waals surface area contributed by atoms with Gasteiger partial charge >= 0.3 is 12.1 Å². The topological polar surface area (TPSA) is 77.0 Å². The highest BCUT2D eigenvalue weighted by atomic mass is 16.7. The Hall–Kier alpha value is -1.59.